The van der Waals surface area contributed by atoms with Gasteiger partial charge in [-0.1, -0.05) is 0 Å². The summed E-state index contributed by atoms with van der Waals surface area (Å²) >= 11 is 1.12. The number of carbonyl (C=O) groups excluding carboxylic acids is 1. The van der Waals surface area contributed by atoms with Crippen molar-refractivity contribution >= 4 is 23.2 Å². The van der Waals surface area contributed by atoms with Crippen LogP contribution in [0.25, 0.3) is 10.4 Å². The summed E-state index contributed by atoms with van der Waals surface area (Å²) in [5, 5.41) is 0. The van der Waals surface area contributed by atoms with Gasteiger partial charge in [-0.25, -0.2) is 18.2 Å². The molecule has 3 aromatic rings. The molecule has 0 radical (unpaired) electrons. The third kappa shape index (κ3) is 2.87. The van der Waals surface area contributed by atoms with E-state index in [1.54, 1.807) is 0 Å². The SMILES string of the molecule is CN1C(=O)C(c2ccnc(CF)c2)(c2cc(F)c(F)c(-c3cncs3)c2)N=C1N. The summed E-state index contributed by atoms with van der Waals surface area (Å²) in [7, 11) is 1.42. The second kappa shape index (κ2) is 6.96. The molecule has 0 spiro atoms. The molecule has 6 nitrogen and oxygen atoms in total. The van der Waals surface area contributed by atoms with Crippen LogP contribution < -0.4 is 5.73 Å². The summed E-state index contributed by atoms with van der Waals surface area (Å²) in [5.41, 5.74) is 5.90. The Morgan fingerprint density at radius 3 is 2.66 bits per heavy atom. The number of carbonyl (C=O) groups is 1. The Labute approximate surface area is 167 Å². The van der Waals surface area contributed by atoms with E-state index in [4.69, 9.17) is 5.73 Å². The van der Waals surface area contributed by atoms with Gasteiger partial charge in [-0.3, -0.25) is 19.7 Å². The number of amides is 1. The van der Waals surface area contributed by atoms with Gasteiger partial charge < -0.3 is 5.73 Å². The molecule has 0 aliphatic carbocycles. The summed E-state index contributed by atoms with van der Waals surface area (Å²) in [5.74, 6) is -2.89. The number of hydrogen-bond donors (Lipinski definition) is 1. The van der Waals surface area contributed by atoms with E-state index in [9.17, 15) is 18.0 Å². The molecule has 148 valence electrons. The fourth-order valence-corrected chi connectivity index (χ4v) is 3.92. The lowest BCUT2D eigenvalue weighted by atomic mass is 9.82. The number of nitrogens with two attached hydrogens (primary N) is 1. The fourth-order valence-electron chi connectivity index (χ4n) is 3.29. The molecule has 1 aliphatic heterocycles. The van der Waals surface area contributed by atoms with Gasteiger partial charge in [0, 0.05) is 25.0 Å². The molecule has 4 rings (SSSR count). The number of guanidine groups is 1. The van der Waals surface area contributed by atoms with Crippen molar-refractivity contribution in [1.29, 1.82) is 0 Å². The molecule has 10 heteroatoms. The van der Waals surface area contributed by atoms with Crippen LogP contribution in [0.4, 0.5) is 13.2 Å². The highest BCUT2D eigenvalue weighted by Gasteiger charge is 2.50. The van der Waals surface area contributed by atoms with Gasteiger partial charge >= 0.3 is 0 Å². The molecule has 3 heterocycles. The first-order valence-electron chi connectivity index (χ1n) is 8.41. The molecule has 2 N–H and O–H groups in total. The van der Waals surface area contributed by atoms with Crippen molar-refractivity contribution in [3.8, 4) is 10.4 Å². The molecule has 1 atom stereocenters. The monoisotopic (exact) mass is 417 g/mol. The number of aliphatic imine (C=N–C) groups is 1. The molecule has 0 saturated heterocycles. The molecule has 29 heavy (non-hydrogen) atoms. The van der Waals surface area contributed by atoms with E-state index in [0.717, 1.165) is 22.3 Å². The summed E-state index contributed by atoms with van der Waals surface area (Å²) in [6.07, 6.45) is 2.72. The zero-order valence-electron chi connectivity index (χ0n) is 15.1. The first-order chi connectivity index (χ1) is 13.9. The first-order valence-corrected chi connectivity index (χ1v) is 9.29. The zero-order chi connectivity index (χ0) is 20.8. The summed E-state index contributed by atoms with van der Waals surface area (Å²) in [6.45, 7) is -0.864. The number of nitrogens with zero attached hydrogens (tertiary/aromatic N) is 4. The van der Waals surface area contributed by atoms with Gasteiger partial charge in [-0.15, -0.1) is 11.3 Å². The van der Waals surface area contributed by atoms with Crippen LogP contribution in [0.5, 0.6) is 0 Å². The first kappa shape index (κ1) is 19.1. The van der Waals surface area contributed by atoms with E-state index in [1.807, 2.05) is 0 Å². The lowest BCUT2D eigenvalue weighted by Crippen LogP contribution is -2.41. The molecule has 2 aromatic heterocycles. The normalized spacial score (nSPS) is 19.0. The van der Waals surface area contributed by atoms with Crippen LogP contribution in [0.3, 0.4) is 0 Å². The van der Waals surface area contributed by atoms with Gasteiger partial charge in [0.1, 0.15) is 6.67 Å². The Morgan fingerprint density at radius 2 is 2.03 bits per heavy atom. The van der Waals surface area contributed by atoms with Gasteiger partial charge in [-0.05, 0) is 35.4 Å². The third-order valence-electron chi connectivity index (χ3n) is 4.76. The second-order valence-electron chi connectivity index (χ2n) is 6.40. The van der Waals surface area contributed by atoms with Crippen LogP contribution in [0.2, 0.25) is 0 Å². The van der Waals surface area contributed by atoms with Gasteiger partial charge in [0.2, 0.25) is 0 Å². The van der Waals surface area contributed by atoms with Crippen molar-refractivity contribution in [3.63, 3.8) is 0 Å². The van der Waals surface area contributed by atoms with Gasteiger partial charge in [-0.2, -0.15) is 0 Å². The van der Waals surface area contributed by atoms with Crippen molar-refractivity contribution < 1.29 is 18.0 Å². The topological polar surface area (TPSA) is 84.5 Å². The number of rotatable bonds is 4. The van der Waals surface area contributed by atoms with Gasteiger partial charge in [0.25, 0.3) is 5.91 Å². The number of thiazole rings is 1. The standard InChI is InChI=1S/C19H14F3N5OS/c1-27-17(28)19(26-18(27)23,10-2-3-25-12(4-10)7-20)11-5-13(15-8-24-9-29-15)16(22)14(21)6-11/h2-6,8-9H,7H2,1H3,(H2,23,26). The van der Waals surface area contributed by atoms with Gasteiger partial charge in [0.05, 0.1) is 16.1 Å². The third-order valence-corrected chi connectivity index (χ3v) is 5.56. The van der Waals surface area contributed by atoms with E-state index in [2.05, 4.69) is 15.0 Å². The molecular weight excluding hydrogens is 403 g/mol. The summed E-state index contributed by atoms with van der Waals surface area (Å²) in [6, 6.07) is 5.08. The minimum atomic E-state index is -1.79. The van der Waals surface area contributed by atoms with E-state index in [1.165, 1.54) is 43.2 Å². The Kier molecular flexibility index (Phi) is 4.58. The molecule has 1 aliphatic rings. The molecular formula is C19H14F3N5OS. The van der Waals surface area contributed by atoms with Crippen molar-refractivity contribution in [3.05, 3.63) is 70.6 Å². The highest BCUT2D eigenvalue weighted by molar-refractivity contribution is 7.13. The molecule has 1 aromatic carbocycles. The van der Waals surface area contributed by atoms with Crippen molar-refractivity contribution in [2.24, 2.45) is 10.7 Å². The number of hydrogen-bond acceptors (Lipinski definition) is 6. The van der Waals surface area contributed by atoms with E-state index >= 15 is 0 Å². The maximum absolute atomic E-state index is 14.6. The van der Waals surface area contributed by atoms with E-state index < -0.39 is 29.8 Å². The molecule has 0 saturated carbocycles. The maximum Gasteiger partial charge on any atom is 0.266 e. The lowest BCUT2D eigenvalue weighted by Gasteiger charge is -2.27. The van der Waals surface area contributed by atoms with E-state index in [0.29, 0.717) is 4.88 Å². The lowest BCUT2D eigenvalue weighted by molar-refractivity contribution is -0.129. The second-order valence-corrected chi connectivity index (χ2v) is 7.29. The Hall–Kier alpha value is -3.27. The van der Waals surface area contributed by atoms with Crippen LogP contribution in [-0.2, 0) is 17.0 Å². The van der Waals surface area contributed by atoms with Crippen LogP contribution >= 0.6 is 11.3 Å². The smallest absolute Gasteiger partial charge is 0.266 e. The van der Waals surface area contributed by atoms with Crippen molar-refractivity contribution in [1.82, 2.24) is 14.9 Å². The summed E-state index contributed by atoms with van der Waals surface area (Å²) in [4.78, 5) is 26.8. The number of alkyl halides is 1. The Bertz CT molecular complexity index is 1130. The highest BCUT2D eigenvalue weighted by atomic mass is 32.1. The predicted octanol–water partition coefficient (Wildman–Crippen LogP) is 2.98. The highest BCUT2D eigenvalue weighted by Crippen LogP contribution is 2.42. The molecule has 0 bridgehead atoms. The molecule has 1 unspecified atom stereocenters. The Morgan fingerprint density at radius 1 is 1.24 bits per heavy atom. The zero-order valence-corrected chi connectivity index (χ0v) is 15.9. The minimum Gasteiger partial charge on any atom is -0.369 e. The average molecular weight is 417 g/mol. The van der Waals surface area contributed by atoms with Crippen molar-refractivity contribution in [2.75, 3.05) is 7.05 Å². The number of pyridine rings is 1. The maximum atomic E-state index is 14.6. The summed E-state index contributed by atoms with van der Waals surface area (Å²) < 4.78 is 42.3. The fraction of sp³-hybridized carbons (Fsp3) is 0.158. The van der Waals surface area contributed by atoms with Crippen LogP contribution in [0, 0.1) is 11.6 Å². The number of likely N-dealkylation sites (N-methyl/N-ethyl adjacent to an activating group) is 1. The van der Waals surface area contributed by atoms with E-state index in [-0.39, 0.29) is 28.3 Å². The minimum absolute atomic E-state index is 0.0576. The number of benzene rings is 1. The van der Waals surface area contributed by atoms with Crippen LogP contribution in [0.1, 0.15) is 16.8 Å². The Balaban J connectivity index is 2.03. The predicted molar refractivity (Wildman–Crippen MR) is 102 cm³/mol. The van der Waals surface area contributed by atoms with Crippen LogP contribution in [-0.4, -0.2) is 33.8 Å². The van der Waals surface area contributed by atoms with Gasteiger partial charge in [0.15, 0.2) is 23.1 Å². The quantitative estimate of drug-likeness (QED) is 0.707. The number of halogens is 3. The van der Waals surface area contributed by atoms with Crippen LogP contribution in [0.15, 0.2) is 47.2 Å². The largest absolute Gasteiger partial charge is 0.369 e. The van der Waals surface area contributed by atoms with Crippen molar-refractivity contribution in [2.45, 2.75) is 12.2 Å². The number of aromatic nitrogens is 2. The molecule has 1 amide bonds. The average Bonchev–Trinajstić information content (AvgIpc) is 3.34. The molecule has 0 fully saturated rings.